The number of nitrogens with zero attached hydrogens (tertiary/aromatic N) is 1. The molecule has 9 heteroatoms. The second-order valence-corrected chi connectivity index (χ2v) is 8.18. The number of carboxylic acids is 1. The average Bonchev–Trinajstić information content (AvgIpc) is 2.95. The van der Waals surface area contributed by atoms with Gasteiger partial charge in [-0.3, -0.25) is 14.5 Å². The number of thioether (sulfide) groups is 1. The summed E-state index contributed by atoms with van der Waals surface area (Å²) >= 11 is 12.3. The predicted octanol–water partition coefficient (Wildman–Crippen LogP) is 4.27. The van der Waals surface area contributed by atoms with Crippen LogP contribution >= 0.6 is 35.6 Å². The van der Waals surface area contributed by atoms with E-state index in [0.717, 1.165) is 5.56 Å². The van der Waals surface area contributed by atoms with Crippen molar-refractivity contribution in [1.82, 2.24) is 4.90 Å². The second-order valence-electron chi connectivity index (χ2n) is 6.07. The van der Waals surface area contributed by atoms with Gasteiger partial charge in [-0.1, -0.05) is 47.7 Å². The maximum Gasteiger partial charge on any atom is 0.335 e. The topological polar surface area (TPSA) is 86.7 Å². The van der Waals surface area contributed by atoms with Gasteiger partial charge in [0.1, 0.15) is 4.32 Å². The smallest absolute Gasteiger partial charge is 0.335 e. The van der Waals surface area contributed by atoms with Crippen LogP contribution in [0.25, 0.3) is 6.08 Å². The molecule has 0 bridgehead atoms. The van der Waals surface area contributed by atoms with Gasteiger partial charge in [-0.25, -0.2) is 4.79 Å². The molecule has 1 aliphatic heterocycles. The molecule has 0 aromatic heterocycles. The highest BCUT2D eigenvalue weighted by Crippen LogP contribution is 2.32. The third-order valence-corrected chi connectivity index (χ3v) is 5.65. The largest absolute Gasteiger partial charge is 0.478 e. The summed E-state index contributed by atoms with van der Waals surface area (Å²) in [5.41, 5.74) is 1.44. The first kappa shape index (κ1) is 21.0. The SMILES string of the molecule is O=C(CCN1C(=O)/C(=C/c2ccc(Cl)cc2)SC1=S)Nc1ccc(C(=O)O)cc1. The first-order valence-corrected chi connectivity index (χ1v) is 10.1. The zero-order valence-corrected chi connectivity index (χ0v) is 17.3. The Bertz CT molecular complexity index is 1000. The summed E-state index contributed by atoms with van der Waals surface area (Å²) in [5.74, 6) is -1.58. The maximum absolute atomic E-state index is 12.6. The van der Waals surface area contributed by atoms with Gasteiger partial charge in [0.25, 0.3) is 5.91 Å². The predicted molar refractivity (Wildman–Crippen MR) is 118 cm³/mol. The lowest BCUT2D eigenvalue weighted by atomic mass is 10.2. The molecule has 1 fully saturated rings. The van der Waals surface area contributed by atoms with Crippen molar-refractivity contribution in [3.05, 3.63) is 69.6 Å². The standard InChI is InChI=1S/C20H15ClN2O4S2/c21-14-5-1-12(2-6-14)11-16-18(25)23(20(28)29-16)10-9-17(24)22-15-7-3-13(4-8-15)19(26)27/h1-8,11H,9-10H2,(H,22,24)(H,26,27)/b16-11-. The molecule has 0 aliphatic carbocycles. The van der Waals surface area contributed by atoms with E-state index in [0.29, 0.717) is 19.9 Å². The molecule has 29 heavy (non-hydrogen) atoms. The Labute approximate surface area is 181 Å². The number of nitrogens with one attached hydrogen (secondary N) is 1. The highest BCUT2D eigenvalue weighted by molar-refractivity contribution is 8.26. The van der Waals surface area contributed by atoms with E-state index < -0.39 is 5.97 Å². The summed E-state index contributed by atoms with van der Waals surface area (Å²) in [6, 6.07) is 12.9. The van der Waals surface area contributed by atoms with Gasteiger partial charge in [0, 0.05) is 23.7 Å². The highest BCUT2D eigenvalue weighted by atomic mass is 35.5. The van der Waals surface area contributed by atoms with Crippen LogP contribution in [0.5, 0.6) is 0 Å². The van der Waals surface area contributed by atoms with E-state index in [4.69, 9.17) is 28.9 Å². The number of halogens is 1. The monoisotopic (exact) mass is 446 g/mol. The van der Waals surface area contributed by atoms with Crippen molar-refractivity contribution in [1.29, 1.82) is 0 Å². The minimum absolute atomic E-state index is 0.0569. The van der Waals surface area contributed by atoms with E-state index in [1.54, 1.807) is 30.3 Å². The van der Waals surface area contributed by atoms with Crippen molar-refractivity contribution in [2.45, 2.75) is 6.42 Å². The molecule has 2 aromatic carbocycles. The normalized spacial score (nSPS) is 15.1. The fraction of sp³-hybridized carbons (Fsp3) is 0.100. The molecule has 2 N–H and O–H groups in total. The summed E-state index contributed by atoms with van der Waals surface area (Å²) in [4.78, 5) is 37.5. The van der Waals surface area contributed by atoms with Crippen LogP contribution in [0.3, 0.4) is 0 Å². The van der Waals surface area contributed by atoms with Crippen LogP contribution in [0, 0.1) is 0 Å². The minimum Gasteiger partial charge on any atom is -0.478 e. The Balaban J connectivity index is 1.57. The fourth-order valence-corrected chi connectivity index (χ4v) is 3.97. The molecule has 0 unspecified atom stereocenters. The van der Waals surface area contributed by atoms with Gasteiger partial charge in [-0.2, -0.15) is 0 Å². The first-order valence-electron chi connectivity index (χ1n) is 8.47. The quantitative estimate of drug-likeness (QED) is 0.509. The molecule has 2 aromatic rings. The molecule has 148 valence electrons. The van der Waals surface area contributed by atoms with Crippen LogP contribution in [0.2, 0.25) is 5.02 Å². The van der Waals surface area contributed by atoms with Gasteiger partial charge in [-0.05, 0) is 48.0 Å². The first-order chi connectivity index (χ1) is 13.8. The van der Waals surface area contributed by atoms with Crippen molar-refractivity contribution in [3.63, 3.8) is 0 Å². The van der Waals surface area contributed by atoms with Crippen LogP contribution < -0.4 is 5.32 Å². The molecule has 0 radical (unpaired) electrons. The van der Waals surface area contributed by atoms with Gasteiger partial charge in [0.15, 0.2) is 0 Å². The van der Waals surface area contributed by atoms with Crippen LogP contribution in [-0.4, -0.2) is 38.7 Å². The van der Waals surface area contributed by atoms with Crippen LogP contribution in [0.15, 0.2) is 53.4 Å². The second kappa shape index (κ2) is 9.21. The molecule has 0 atom stereocenters. The van der Waals surface area contributed by atoms with E-state index in [2.05, 4.69) is 5.32 Å². The number of aromatic carboxylic acids is 1. The van der Waals surface area contributed by atoms with E-state index >= 15 is 0 Å². The van der Waals surface area contributed by atoms with E-state index in [1.165, 1.54) is 40.9 Å². The van der Waals surface area contributed by atoms with Crippen LogP contribution in [-0.2, 0) is 9.59 Å². The third kappa shape index (κ3) is 5.44. The summed E-state index contributed by atoms with van der Waals surface area (Å²) in [6.07, 6.45) is 1.79. The fourth-order valence-electron chi connectivity index (χ4n) is 2.54. The molecular formula is C20H15ClN2O4S2. The zero-order chi connectivity index (χ0) is 21.0. The summed E-state index contributed by atoms with van der Waals surface area (Å²) in [6.45, 7) is 0.154. The Morgan fingerprint density at radius 2 is 1.79 bits per heavy atom. The van der Waals surface area contributed by atoms with Crippen molar-refractivity contribution in [2.75, 3.05) is 11.9 Å². The Morgan fingerprint density at radius 1 is 1.14 bits per heavy atom. The highest BCUT2D eigenvalue weighted by Gasteiger charge is 2.32. The number of rotatable bonds is 6. The molecule has 1 aliphatic rings. The number of carboxylic acid groups (broad SMARTS) is 1. The molecule has 0 spiro atoms. The number of hydrogen-bond donors (Lipinski definition) is 2. The van der Waals surface area contributed by atoms with Crippen molar-refractivity contribution in [3.8, 4) is 0 Å². The zero-order valence-electron chi connectivity index (χ0n) is 14.9. The Hall–Kier alpha value is -2.68. The third-order valence-electron chi connectivity index (χ3n) is 4.02. The van der Waals surface area contributed by atoms with Gasteiger partial charge in [0.05, 0.1) is 10.5 Å². The van der Waals surface area contributed by atoms with E-state index in [9.17, 15) is 14.4 Å². The molecule has 3 rings (SSSR count). The molecule has 6 nitrogen and oxygen atoms in total. The number of carbonyl (C=O) groups excluding carboxylic acids is 2. The molecule has 1 saturated heterocycles. The number of anilines is 1. The number of amides is 2. The molecule has 2 amide bonds. The number of hydrogen-bond acceptors (Lipinski definition) is 5. The van der Waals surface area contributed by atoms with Gasteiger partial charge in [-0.15, -0.1) is 0 Å². The molecule has 1 heterocycles. The average molecular weight is 447 g/mol. The van der Waals surface area contributed by atoms with Crippen molar-refractivity contribution >= 4 is 69.4 Å². The summed E-state index contributed by atoms with van der Waals surface area (Å²) in [5, 5.41) is 12.2. The van der Waals surface area contributed by atoms with Gasteiger partial charge < -0.3 is 10.4 Å². The number of carbonyl (C=O) groups is 3. The van der Waals surface area contributed by atoms with Gasteiger partial charge in [0.2, 0.25) is 5.91 Å². The lowest BCUT2D eigenvalue weighted by molar-refractivity contribution is -0.122. The van der Waals surface area contributed by atoms with Gasteiger partial charge >= 0.3 is 5.97 Å². The summed E-state index contributed by atoms with van der Waals surface area (Å²) in [7, 11) is 0. The number of benzene rings is 2. The molecular weight excluding hydrogens is 432 g/mol. The van der Waals surface area contributed by atoms with Crippen LogP contribution in [0.4, 0.5) is 5.69 Å². The van der Waals surface area contributed by atoms with E-state index in [-0.39, 0.29) is 30.3 Å². The van der Waals surface area contributed by atoms with E-state index in [1.807, 2.05) is 0 Å². The minimum atomic E-state index is -1.04. The van der Waals surface area contributed by atoms with Crippen molar-refractivity contribution < 1.29 is 19.5 Å². The lowest BCUT2D eigenvalue weighted by Gasteiger charge is -2.14. The van der Waals surface area contributed by atoms with Crippen molar-refractivity contribution in [2.24, 2.45) is 0 Å². The maximum atomic E-state index is 12.6. The lowest BCUT2D eigenvalue weighted by Crippen LogP contribution is -2.31. The summed E-state index contributed by atoms with van der Waals surface area (Å²) < 4.78 is 0.397. The molecule has 0 saturated carbocycles. The number of thiocarbonyl (C=S) groups is 1. The Kier molecular flexibility index (Phi) is 6.68. The Morgan fingerprint density at radius 3 is 2.41 bits per heavy atom. The van der Waals surface area contributed by atoms with Crippen LogP contribution in [0.1, 0.15) is 22.3 Å².